The molecule has 0 aliphatic rings. The van der Waals surface area contributed by atoms with Crippen LogP contribution in [0.5, 0.6) is 0 Å². The fourth-order valence-corrected chi connectivity index (χ4v) is 1.57. The lowest BCUT2D eigenvalue weighted by Gasteiger charge is -2.14. The summed E-state index contributed by atoms with van der Waals surface area (Å²) >= 11 is 0. The van der Waals surface area contributed by atoms with Gasteiger partial charge in [-0.2, -0.15) is 0 Å². The van der Waals surface area contributed by atoms with Gasteiger partial charge in [-0.25, -0.2) is 0 Å². The molecule has 1 atom stereocenters. The molecule has 0 aromatic rings. The molecule has 0 rings (SSSR count). The van der Waals surface area contributed by atoms with Gasteiger partial charge in [0.15, 0.2) is 5.92 Å². The van der Waals surface area contributed by atoms with Gasteiger partial charge in [-0.05, 0) is 12.3 Å². The van der Waals surface area contributed by atoms with Gasteiger partial charge in [0.05, 0.1) is 0 Å². The molecule has 0 radical (unpaired) electrons. The van der Waals surface area contributed by atoms with Crippen molar-refractivity contribution >= 4 is 11.9 Å². The van der Waals surface area contributed by atoms with Gasteiger partial charge in [0.1, 0.15) is 0 Å². The highest BCUT2D eigenvalue weighted by Crippen LogP contribution is 2.17. The lowest BCUT2D eigenvalue weighted by atomic mass is 9.90. The first-order chi connectivity index (χ1) is 7.92. The quantitative estimate of drug-likeness (QED) is 0.675. The van der Waals surface area contributed by atoms with Crippen LogP contribution in [-0.2, 0) is 9.59 Å². The summed E-state index contributed by atoms with van der Waals surface area (Å²) in [5.74, 6) is -4.05. The van der Waals surface area contributed by atoms with E-state index < -0.39 is 17.9 Å². The summed E-state index contributed by atoms with van der Waals surface area (Å²) in [6.07, 6.45) is 5.51. The van der Waals surface area contributed by atoms with Crippen molar-refractivity contribution in [2.75, 3.05) is 0 Å². The van der Waals surface area contributed by atoms with E-state index in [0.29, 0.717) is 6.42 Å². The molecule has 17 heavy (non-hydrogen) atoms. The van der Waals surface area contributed by atoms with E-state index in [1.807, 2.05) is 6.92 Å². The molecular weight excluding hydrogens is 220 g/mol. The monoisotopic (exact) mass is 246 g/mol. The first-order valence-corrected chi connectivity index (χ1v) is 6.37. The molecule has 0 aliphatic carbocycles. The Hall–Kier alpha value is -1.06. The summed E-state index contributed by atoms with van der Waals surface area (Å²) in [5, 5.41) is 17.1. The number of unbranched alkanes of at least 4 members (excludes halogenated alkanes) is 2. The Morgan fingerprint density at radius 1 is 0.941 bits per heavy atom. The normalized spacial score (nSPS) is 11.6. The van der Waals surface area contributed by atoms with Crippen molar-refractivity contribution in [3.8, 4) is 0 Å². The van der Waals surface area contributed by atoms with Crippen LogP contribution in [-0.4, -0.2) is 22.2 Å². The van der Waals surface area contributed by atoms with Crippen molar-refractivity contribution in [1.29, 1.82) is 0 Å². The van der Waals surface area contributed by atoms with Crippen molar-refractivity contribution in [3.63, 3.8) is 0 Å². The summed E-state index contributed by atoms with van der Waals surface area (Å²) < 4.78 is 0. The van der Waals surface area contributed by atoms with E-state index in [9.17, 15) is 9.59 Å². The predicted molar refractivity (Wildman–Crippen MR) is 68.0 cm³/mol. The highest BCUT2D eigenvalue weighted by Gasteiger charge is 2.30. The number of hydrogen-bond donors (Lipinski definition) is 2. The van der Waals surface area contributed by atoms with Crippen LogP contribution in [0.25, 0.3) is 0 Å². The van der Waals surface area contributed by atoms with Gasteiger partial charge in [0.2, 0.25) is 0 Å². The maximum atomic E-state index is 10.5. The molecule has 0 fully saturated rings. The molecule has 1 unspecified atom stereocenters. The second kappa shape index (κ2) is 11.4. The highest BCUT2D eigenvalue weighted by molar-refractivity contribution is 5.93. The molecule has 0 amide bonds. The Morgan fingerprint density at radius 3 is 1.53 bits per heavy atom. The highest BCUT2D eigenvalue weighted by atomic mass is 16.4. The third kappa shape index (κ3) is 9.85. The molecule has 0 aliphatic heterocycles. The molecule has 4 heteroatoms. The molecule has 0 spiro atoms. The molecule has 4 nitrogen and oxygen atoms in total. The number of aliphatic carboxylic acids is 2. The summed E-state index contributed by atoms with van der Waals surface area (Å²) in [4.78, 5) is 21.0. The van der Waals surface area contributed by atoms with Gasteiger partial charge in [0, 0.05) is 0 Å². The standard InChI is InChI=1S/C8H14O4.C5H12/c1-3-4-5(2)6(7(9)10)8(11)12;1-3-5-4-2/h5-6H,3-4H2,1-2H3,(H,9,10)(H,11,12);3-5H2,1-2H3. The zero-order valence-corrected chi connectivity index (χ0v) is 11.4. The fourth-order valence-electron chi connectivity index (χ4n) is 1.57. The fraction of sp³-hybridized carbons (Fsp3) is 0.846. The van der Waals surface area contributed by atoms with Crippen LogP contribution in [0, 0.1) is 11.8 Å². The van der Waals surface area contributed by atoms with E-state index in [0.717, 1.165) is 6.42 Å². The van der Waals surface area contributed by atoms with Gasteiger partial charge in [-0.15, -0.1) is 0 Å². The van der Waals surface area contributed by atoms with Gasteiger partial charge in [-0.3, -0.25) is 9.59 Å². The number of carboxylic acid groups (broad SMARTS) is 2. The van der Waals surface area contributed by atoms with Crippen molar-refractivity contribution in [2.45, 2.75) is 59.8 Å². The minimum Gasteiger partial charge on any atom is -0.481 e. The predicted octanol–water partition coefficient (Wildman–Crippen LogP) is 3.40. The number of carbonyl (C=O) groups is 2. The molecular formula is C13H26O4. The molecule has 2 N–H and O–H groups in total. The lowest BCUT2D eigenvalue weighted by Crippen LogP contribution is -2.29. The first-order valence-electron chi connectivity index (χ1n) is 6.37. The molecule has 0 bridgehead atoms. The van der Waals surface area contributed by atoms with Crippen molar-refractivity contribution < 1.29 is 19.8 Å². The third-order valence-corrected chi connectivity index (χ3v) is 2.55. The Labute approximate surface area is 104 Å². The number of carboxylic acids is 2. The number of rotatable bonds is 7. The SMILES string of the molecule is CCCC(C)C(C(=O)O)C(=O)O.CCCCC. The second-order valence-electron chi connectivity index (χ2n) is 4.27. The summed E-state index contributed by atoms with van der Waals surface area (Å²) in [5.41, 5.74) is 0. The van der Waals surface area contributed by atoms with E-state index in [1.165, 1.54) is 19.3 Å². The maximum Gasteiger partial charge on any atom is 0.318 e. The average Bonchev–Trinajstić information content (AvgIpc) is 2.18. The molecule has 0 heterocycles. The third-order valence-electron chi connectivity index (χ3n) is 2.55. The Morgan fingerprint density at radius 2 is 1.35 bits per heavy atom. The Kier molecular flexibility index (Phi) is 12.3. The van der Waals surface area contributed by atoms with Crippen molar-refractivity contribution in [2.24, 2.45) is 11.8 Å². The molecule has 0 saturated heterocycles. The van der Waals surface area contributed by atoms with Crippen LogP contribution in [0.3, 0.4) is 0 Å². The molecule has 0 aromatic heterocycles. The molecule has 0 saturated carbocycles. The zero-order chi connectivity index (χ0) is 13.8. The van der Waals surface area contributed by atoms with E-state index in [1.54, 1.807) is 6.92 Å². The van der Waals surface area contributed by atoms with Crippen LogP contribution in [0.15, 0.2) is 0 Å². The van der Waals surface area contributed by atoms with Crippen LogP contribution in [0.1, 0.15) is 59.8 Å². The molecule has 0 aromatic carbocycles. The van der Waals surface area contributed by atoms with Gasteiger partial charge in [0.25, 0.3) is 0 Å². The van der Waals surface area contributed by atoms with Gasteiger partial charge < -0.3 is 10.2 Å². The van der Waals surface area contributed by atoms with Gasteiger partial charge in [-0.1, -0.05) is 53.4 Å². The van der Waals surface area contributed by atoms with Crippen molar-refractivity contribution in [3.05, 3.63) is 0 Å². The lowest BCUT2D eigenvalue weighted by molar-refractivity contribution is -0.157. The Balaban J connectivity index is 0. The van der Waals surface area contributed by atoms with Crippen molar-refractivity contribution in [1.82, 2.24) is 0 Å². The molecule has 102 valence electrons. The van der Waals surface area contributed by atoms with Crippen LogP contribution in [0.2, 0.25) is 0 Å². The minimum atomic E-state index is -1.26. The topological polar surface area (TPSA) is 74.6 Å². The average molecular weight is 246 g/mol. The van der Waals surface area contributed by atoms with Crippen LogP contribution >= 0.6 is 0 Å². The largest absolute Gasteiger partial charge is 0.481 e. The van der Waals surface area contributed by atoms with Gasteiger partial charge >= 0.3 is 11.9 Å². The Bertz CT molecular complexity index is 197. The summed E-state index contributed by atoms with van der Waals surface area (Å²) in [6, 6.07) is 0. The van der Waals surface area contributed by atoms with E-state index in [-0.39, 0.29) is 5.92 Å². The first kappa shape index (κ1) is 18.3. The summed E-state index contributed by atoms with van der Waals surface area (Å²) in [7, 11) is 0. The second-order valence-corrected chi connectivity index (χ2v) is 4.27. The van der Waals surface area contributed by atoms with E-state index >= 15 is 0 Å². The zero-order valence-electron chi connectivity index (χ0n) is 11.4. The van der Waals surface area contributed by atoms with Crippen LogP contribution in [0.4, 0.5) is 0 Å². The maximum absolute atomic E-state index is 10.5. The van der Waals surface area contributed by atoms with E-state index in [4.69, 9.17) is 10.2 Å². The van der Waals surface area contributed by atoms with Crippen LogP contribution < -0.4 is 0 Å². The minimum absolute atomic E-state index is 0.301. The smallest absolute Gasteiger partial charge is 0.318 e. The number of hydrogen-bond acceptors (Lipinski definition) is 2. The van der Waals surface area contributed by atoms with E-state index in [2.05, 4.69) is 13.8 Å². The summed E-state index contributed by atoms with van der Waals surface area (Å²) in [6.45, 7) is 7.97.